The molecule has 0 spiro atoms. The third-order valence-corrected chi connectivity index (χ3v) is 5.75. The summed E-state index contributed by atoms with van der Waals surface area (Å²) in [5, 5.41) is 5.50. The Hall–Kier alpha value is -1.95. The van der Waals surface area contributed by atoms with E-state index < -0.39 is 9.84 Å². The van der Waals surface area contributed by atoms with Crippen molar-refractivity contribution >= 4 is 27.1 Å². The van der Waals surface area contributed by atoms with E-state index in [1.54, 1.807) is 19.1 Å². The molecule has 0 saturated carbocycles. The number of sulfone groups is 1. The number of hydrogen-bond donors (Lipinski definition) is 0. The molecule has 21 heavy (non-hydrogen) atoms. The van der Waals surface area contributed by atoms with Crippen LogP contribution in [0.3, 0.4) is 0 Å². The van der Waals surface area contributed by atoms with Crippen LogP contribution in [-0.2, 0) is 14.6 Å². The van der Waals surface area contributed by atoms with Gasteiger partial charge in [0.1, 0.15) is 0 Å². The van der Waals surface area contributed by atoms with Gasteiger partial charge in [0.15, 0.2) is 9.84 Å². The number of anilines is 1. The van der Waals surface area contributed by atoms with Crippen molar-refractivity contribution < 1.29 is 13.2 Å². The fraction of sp³-hybridized carbons (Fsp3) is 0.333. The summed E-state index contributed by atoms with van der Waals surface area (Å²) in [5.41, 5.74) is 2.68. The van der Waals surface area contributed by atoms with Crippen molar-refractivity contribution in [1.29, 1.82) is 0 Å². The Morgan fingerprint density at radius 3 is 2.43 bits per heavy atom. The normalized spacial score (nSPS) is 24.5. The molecule has 1 unspecified atom stereocenters. The van der Waals surface area contributed by atoms with Gasteiger partial charge in [-0.3, -0.25) is 4.79 Å². The number of hydrazone groups is 1. The molecule has 0 N–H and O–H groups in total. The Morgan fingerprint density at radius 1 is 1.29 bits per heavy atom. The third-order valence-electron chi connectivity index (χ3n) is 3.98. The first kappa shape index (κ1) is 14.0. The maximum Gasteiger partial charge on any atom is 0.280 e. The second-order valence-electron chi connectivity index (χ2n) is 5.47. The molecule has 3 rings (SSSR count). The molecular formula is C15H16N2O3S. The first-order valence-electron chi connectivity index (χ1n) is 6.77. The predicted octanol–water partition coefficient (Wildman–Crippen LogP) is 1.87. The van der Waals surface area contributed by atoms with Crippen molar-refractivity contribution in [3.63, 3.8) is 0 Å². The van der Waals surface area contributed by atoms with Crippen LogP contribution in [0.2, 0.25) is 0 Å². The smallest absolute Gasteiger partial charge is 0.267 e. The molecule has 0 aliphatic carbocycles. The second-order valence-corrected chi connectivity index (χ2v) is 7.70. The maximum atomic E-state index is 12.0. The van der Waals surface area contributed by atoms with E-state index >= 15 is 0 Å². The molecular weight excluding hydrogens is 288 g/mol. The zero-order valence-corrected chi connectivity index (χ0v) is 12.6. The standard InChI is InChI=1S/C15H16N2O3S/c1-10-11(2)16-17(15(10)18)14-5-3-12(4-6-14)13-7-8-21(19,20)9-13/h3-6,13H,1,7-9H2,2H3. The Labute approximate surface area is 123 Å². The third kappa shape index (κ3) is 2.51. The average Bonchev–Trinajstić information content (AvgIpc) is 2.94. The van der Waals surface area contributed by atoms with Gasteiger partial charge in [-0.1, -0.05) is 18.7 Å². The van der Waals surface area contributed by atoms with E-state index in [0.717, 1.165) is 5.56 Å². The van der Waals surface area contributed by atoms with Gasteiger partial charge in [0.2, 0.25) is 0 Å². The van der Waals surface area contributed by atoms with E-state index in [9.17, 15) is 13.2 Å². The van der Waals surface area contributed by atoms with Gasteiger partial charge < -0.3 is 0 Å². The Morgan fingerprint density at radius 2 is 1.95 bits per heavy atom. The van der Waals surface area contributed by atoms with E-state index in [0.29, 0.717) is 23.4 Å². The molecule has 1 atom stereocenters. The lowest BCUT2D eigenvalue weighted by Gasteiger charge is -2.14. The van der Waals surface area contributed by atoms with E-state index in [4.69, 9.17) is 0 Å². The minimum Gasteiger partial charge on any atom is -0.267 e. The van der Waals surface area contributed by atoms with Crippen LogP contribution in [0, 0.1) is 0 Å². The van der Waals surface area contributed by atoms with Gasteiger partial charge in [0.05, 0.1) is 28.5 Å². The molecule has 1 aromatic carbocycles. The second kappa shape index (κ2) is 4.80. The van der Waals surface area contributed by atoms with Crippen LogP contribution < -0.4 is 5.01 Å². The lowest BCUT2D eigenvalue weighted by atomic mass is 9.98. The quantitative estimate of drug-likeness (QED) is 0.783. The SMILES string of the molecule is C=C1C(=O)N(c2ccc(C3CCS(=O)(=O)C3)cc2)N=C1C. The number of amides is 1. The predicted molar refractivity (Wildman–Crippen MR) is 82.2 cm³/mol. The fourth-order valence-electron chi connectivity index (χ4n) is 2.66. The van der Waals surface area contributed by atoms with Crippen LogP contribution in [0.1, 0.15) is 24.8 Å². The summed E-state index contributed by atoms with van der Waals surface area (Å²) < 4.78 is 23.1. The molecule has 0 radical (unpaired) electrons. The zero-order valence-electron chi connectivity index (χ0n) is 11.7. The lowest BCUT2D eigenvalue weighted by Crippen LogP contribution is -2.20. The van der Waals surface area contributed by atoms with Gasteiger partial charge in [-0.2, -0.15) is 10.1 Å². The first-order chi connectivity index (χ1) is 9.87. The highest BCUT2D eigenvalue weighted by Crippen LogP contribution is 2.31. The van der Waals surface area contributed by atoms with Crippen molar-refractivity contribution in [3.05, 3.63) is 42.0 Å². The van der Waals surface area contributed by atoms with Crippen molar-refractivity contribution in [1.82, 2.24) is 0 Å². The number of carbonyl (C=O) groups is 1. The summed E-state index contributed by atoms with van der Waals surface area (Å²) >= 11 is 0. The van der Waals surface area contributed by atoms with Gasteiger partial charge in [0.25, 0.3) is 5.91 Å². The first-order valence-corrected chi connectivity index (χ1v) is 8.59. The Bertz CT molecular complexity index is 748. The summed E-state index contributed by atoms with van der Waals surface area (Å²) in [6.45, 7) is 5.45. The van der Waals surface area contributed by atoms with Crippen molar-refractivity contribution in [3.8, 4) is 0 Å². The molecule has 110 valence electrons. The number of carbonyl (C=O) groups excluding carboxylic acids is 1. The van der Waals surface area contributed by atoms with Crippen molar-refractivity contribution in [2.75, 3.05) is 16.5 Å². The van der Waals surface area contributed by atoms with Crippen LogP contribution in [0.4, 0.5) is 5.69 Å². The monoisotopic (exact) mass is 304 g/mol. The molecule has 1 aromatic rings. The zero-order chi connectivity index (χ0) is 15.2. The van der Waals surface area contributed by atoms with Crippen molar-refractivity contribution in [2.24, 2.45) is 5.10 Å². The highest BCUT2D eigenvalue weighted by Gasteiger charge is 2.30. The van der Waals surface area contributed by atoms with Gasteiger partial charge in [0, 0.05) is 0 Å². The molecule has 6 heteroatoms. The van der Waals surface area contributed by atoms with Gasteiger partial charge in [-0.25, -0.2) is 8.42 Å². The van der Waals surface area contributed by atoms with Crippen molar-refractivity contribution in [2.45, 2.75) is 19.3 Å². The molecule has 5 nitrogen and oxygen atoms in total. The minimum absolute atomic E-state index is 0.0542. The molecule has 2 aliphatic heterocycles. The molecule has 1 amide bonds. The summed E-state index contributed by atoms with van der Waals surface area (Å²) in [4.78, 5) is 12.0. The minimum atomic E-state index is -2.89. The highest BCUT2D eigenvalue weighted by molar-refractivity contribution is 7.91. The van der Waals surface area contributed by atoms with Crippen LogP contribution in [-0.4, -0.2) is 31.5 Å². The number of hydrogen-bond acceptors (Lipinski definition) is 4. The highest BCUT2D eigenvalue weighted by atomic mass is 32.2. The maximum absolute atomic E-state index is 12.0. The van der Waals surface area contributed by atoms with E-state index in [1.165, 1.54) is 5.01 Å². The summed E-state index contributed by atoms with van der Waals surface area (Å²) in [6, 6.07) is 7.35. The van der Waals surface area contributed by atoms with Crippen LogP contribution >= 0.6 is 0 Å². The van der Waals surface area contributed by atoms with E-state index in [2.05, 4.69) is 11.7 Å². The Kier molecular flexibility index (Phi) is 3.20. The molecule has 0 aromatic heterocycles. The van der Waals surface area contributed by atoms with Crippen LogP contribution in [0.5, 0.6) is 0 Å². The summed E-state index contributed by atoms with van der Waals surface area (Å²) in [5.74, 6) is 0.304. The average molecular weight is 304 g/mol. The van der Waals surface area contributed by atoms with E-state index in [1.807, 2.05) is 12.1 Å². The molecule has 2 heterocycles. The van der Waals surface area contributed by atoms with Crippen LogP contribution in [0.25, 0.3) is 0 Å². The fourth-order valence-corrected chi connectivity index (χ4v) is 4.44. The summed E-state index contributed by atoms with van der Waals surface area (Å²) in [7, 11) is -2.89. The van der Waals surface area contributed by atoms with Gasteiger partial charge in [-0.05, 0) is 37.0 Å². The number of benzene rings is 1. The topological polar surface area (TPSA) is 66.8 Å². The number of nitrogens with zero attached hydrogens (tertiary/aromatic N) is 2. The largest absolute Gasteiger partial charge is 0.280 e. The molecule has 1 saturated heterocycles. The van der Waals surface area contributed by atoms with Gasteiger partial charge in [-0.15, -0.1) is 0 Å². The lowest BCUT2D eigenvalue weighted by molar-refractivity contribution is -0.114. The molecule has 0 bridgehead atoms. The number of rotatable bonds is 2. The Balaban J connectivity index is 1.83. The van der Waals surface area contributed by atoms with Gasteiger partial charge >= 0.3 is 0 Å². The molecule has 2 aliphatic rings. The van der Waals surface area contributed by atoms with Crippen LogP contribution in [0.15, 0.2) is 41.5 Å². The van der Waals surface area contributed by atoms with E-state index in [-0.39, 0.29) is 23.3 Å². The molecule has 1 fully saturated rings. The summed E-state index contributed by atoms with van der Waals surface area (Å²) in [6.07, 6.45) is 0.665.